The number of fused-ring (bicyclic) bond motifs is 1. The van der Waals surface area contributed by atoms with Gasteiger partial charge in [0, 0.05) is 41.9 Å². The summed E-state index contributed by atoms with van der Waals surface area (Å²) in [6.45, 7) is 0.567. The molecule has 4 aromatic rings. The minimum atomic E-state index is -3.75. The fourth-order valence-corrected chi connectivity index (χ4v) is 4.52. The number of aromatic nitrogens is 2. The molecule has 2 heterocycles. The van der Waals surface area contributed by atoms with E-state index in [0.29, 0.717) is 12.1 Å². The molecular weight excluding hydrogens is 408 g/mol. The lowest BCUT2D eigenvalue weighted by molar-refractivity contribution is 0.588. The standard InChI is InChI=1S/C21H20N4O2S.ClH/c1-22-13-16-15-25(28(26,27)19-8-5-11-23-14-19)21-12-18(9-10-20(16)21)24-17-6-3-2-4-7-17;/h2-12,14-15,22,24H,13H2,1H3;1H. The zero-order chi connectivity index (χ0) is 19.6. The lowest BCUT2D eigenvalue weighted by atomic mass is 10.1. The summed E-state index contributed by atoms with van der Waals surface area (Å²) < 4.78 is 27.8. The lowest BCUT2D eigenvalue weighted by Crippen LogP contribution is -2.12. The van der Waals surface area contributed by atoms with Crippen molar-refractivity contribution in [2.24, 2.45) is 0 Å². The highest BCUT2D eigenvalue weighted by atomic mass is 35.5. The van der Waals surface area contributed by atoms with Crippen LogP contribution >= 0.6 is 12.4 Å². The third kappa shape index (κ3) is 4.12. The number of pyridine rings is 1. The smallest absolute Gasteiger partial charge is 0.269 e. The molecule has 2 aromatic carbocycles. The second-order valence-electron chi connectivity index (χ2n) is 6.40. The van der Waals surface area contributed by atoms with Gasteiger partial charge in [0.1, 0.15) is 4.90 Å². The van der Waals surface area contributed by atoms with Crippen molar-refractivity contribution in [1.82, 2.24) is 14.3 Å². The average Bonchev–Trinajstić information content (AvgIpc) is 3.08. The van der Waals surface area contributed by atoms with Crippen molar-refractivity contribution in [3.05, 3.63) is 84.8 Å². The Hall–Kier alpha value is -2.87. The Bertz CT molecular complexity index is 1210. The molecule has 8 heteroatoms. The molecule has 4 rings (SSSR count). The first-order chi connectivity index (χ1) is 13.6. The maximum atomic E-state index is 13.2. The lowest BCUT2D eigenvalue weighted by Gasteiger charge is -2.10. The highest BCUT2D eigenvalue weighted by molar-refractivity contribution is 7.90. The van der Waals surface area contributed by atoms with E-state index in [-0.39, 0.29) is 17.3 Å². The van der Waals surface area contributed by atoms with Gasteiger partial charge in [-0.2, -0.15) is 0 Å². The third-order valence-electron chi connectivity index (χ3n) is 4.48. The van der Waals surface area contributed by atoms with Crippen LogP contribution in [0, 0.1) is 0 Å². The molecule has 0 spiro atoms. The van der Waals surface area contributed by atoms with Gasteiger partial charge < -0.3 is 10.6 Å². The van der Waals surface area contributed by atoms with Crippen LogP contribution in [0.4, 0.5) is 11.4 Å². The van der Waals surface area contributed by atoms with Crippen molar-refractivity contribution in [2.45, 2.75) is 11.4 Å². The first-order valence-electron chi connectivity index (χ1n) is 8.86. The number of hydrogen-bond acceptors (Lipinski definition) is 5. The Kier molecular flexibility index (Phi) is 6.22. The summed E-state index contributed by atoms with van der Waals surface area (Å²) in [6, 6.07) is 18.7. The van der Waals surface area contributed by atoms with E-state index in [1.807, 2.05) is 55.6 Å². The third-order valence-corrected chi connectivity index (χ3v) is 6.13. The molecule has 2 aromatic heterocycles. The summed E-state index contributed by atoms with van der Waals surface area (Å²) in [5, 5.41) is 7.31. The largest absolute Gasteiger partial charge is 0.355 e. The summed E-state index contributed by atoms with van der Waals surface area (Å²) >= 11 is 0. The highest BCUT2D eigenvalue weighted by Crippen LogP contribution is 2.29. The summed E-state index contributed by atoms with van der Waals surface area (Å²) in [5.41, 5.74) is 3.28. The van der Waals surface area contributed by atoms with E-state index in [2.05, 4.69) is 15.6 Å². The van der Waals surface area contributed by atoms with Gasteiger partial charge in [-0.15, -0.1) is 12.4 Å². The number of hydrogen-bond donors (Lipinski definition) is 2. The van der Waals surface area contributed by atoms with E-state index < -0.39 is 10.0 Å². The molecule has 0 bridgehead atoms. The van der Waals surface area contributed by atoms with Crippen molar-refractivity contribution in [2.75, 3.05) is 12.4 Å². The molecule has 0 aliphatic heterocycles. The molecule has 0 amide bonds. The predicted octanol–water partition coefficient (Wildman–Crippen LogP) is 4.16. The Morgan fingerprint density at radius 1 is 1.00 bits per heavy atom. The molecule has 29 heavy (non-hydrogen) atoms. The molecule has 6 nitrogen and oxygen atoms in total. The summed E-state index contributed by atoms with van der Waals surface area (Å²) in [6.07, 6.45) is 4.60. The SMILES string of the molecule is CNCc1cn(S(=O)(=O)c2cccnc2)c2cc(Nc3ccccc3)ccc12.Cl. The number of para-hydroxylation sites is 1. The van der Waals surface area contributed by atoms with E-state index in [0.717, 1.165) is 22.3 Å². The van der Waals surface area contributed by atoms with Crippen molar-refractivity contribution in [3.63, 3.8) is 0 Å². The fraction of sp³-hybridized carbons (Fsp3) is 0.0952. The molecule has 0 aliphatic carbocycles. The van der Waals surface area contributed by atoms with Gasteiger partial charge in [-0.1, -0.05) is 24.3 Å². The van der Waals surface area contributed by atoms with Gasteiger partial charge in [-0.05, 0) is 49.0 Å². The van der Waals surface area contributed by atoms with Crippen LogP contribution in [-0.4, -0.2) is 24.4 Å². The normalized spacial score (nSPS) is 11.2. The summed E-state index contributed by atoms with van der Waals surface area (Å²) in [5.74, 6) is 0. The van der Waals surface area contributed by atoms with E-state index in [1.54, 1.807) is 24.5 Å². The summed E-state index contributed by atoms with van der Waals surface area (Å²) in [7, 11) is -1.92. The van der Waals surface area contributed by atoms with Crippen LogP contribution in [0.3, 0.4) is 0 Å². The van der Waals surface area contributed by atoms with E-state index >= 15 is 0 Å². The highest BCUT2D eigenvalue weighted by Gasteiger charge is 2.21. The van der Waals surface area contributed by atoms with Crippen LogP contribution in [0.2, 0.25) is 0 Å². The quantitative estimate of drug-likeness (QED) is 0.482. The van der Waals surface area contributed by atoms with Crippen molar-refractivity contribution in [1.29, 1.82) is 0 Å². The molecule has 0 unspecified atom stereocenters. The van der Waals surface area contributed by atoms with Crippen molar-refractivity contribution >= 4 is 44.7 Å². The minimum Gasteiger partial charge on any atom is -0.355 e. The monoisotopic (exact) mass is 428 g/mol. The van der Waals surface area contributed by atoms with Gasteiger partial charge >= 0.3 is 0 Å². The number of rotatable bonds is 6. The molecule has 0 saturated heterocycles. The second-order valence-corrected chi connectivity index (χ2v) is 8.21. The number of nitrogens with one attached hydrogen (secondary N) is 2. The number of nitrogens with zero attached hydrogens (tertiary/aromatic N) is 2. The van der Waals surface area contributed by atoms with Crippen LogP contribution in [0.1, 0.15) is 5.56 Å². The van der Waals surface area contributed by atoms with E-state index in [9.17, 15) is 8.42 Å². The molecule has 150 valence electrons. The van der Waals surface area contributed by atoms with Crippen LogP contribution in [0.25, 0.3) is 10.9 Å². The summed E-state index contributed by atoms with van der Waals surface area (Å²) in [4.78, 5) is 4.11. The Balaban J connectivity index is 0.00000240. The van der Waals surface area contributed by atoms with Crippen LogP contribution in [0.15, 0.2) is 84.1 Å². The Morgan fingerprint density at radius 3 is 2.48 bits per heavy atom. The molecule has 0 atom stereocenters. The maximum Gasteiger partial charge on any atom is 0.269 e. The van der Waals surface area contributed by atoms with Gasteiger partial charge in [0.05, 0.1) is 5.52 Å². The number of anilines is 2. The van der Waals surface area contributed by atoms with Crippen LogP contribution < -0.4 is 10.6 Å². The fourth-order valence-electron chi connectivity index (χ4n) is 3.18. The van der Waals surface area contributed by atoms with Gasteiger partial charge in [0.2, 0.25) is 0 Å². The molecule has 0 fully saturated rings. The maximum absolute atomic E-state index is 13.2. The zero-order valence-electron chi connectivity index (χ0n) is 15.7. The number of halogens is 1. The molecule has 0 aliphatic rings. The Labute approximate surface area is 176 Å². The molecular formula is C21H21ClN4O2S. The zero-order valence-corrected chi connectivity index (χ0v) is 17.4. The van der Waals surface area contributed by atoms with E-state index in [1.165, 1.54) is 10.2 Å². The van der Waals surface area contributed by atoms with Crippen molar-refractivity contribution in [3.8, 4) is 0 Å². The van der Waals surface area contributed by atoms with Crippen molar-refractivity contribution < 1.29 is 8.42 Å². The molecule has 0 radical (unpaired) electrons. The Morgan fingerprint density at radius 2 is 1.79 bits per heavy atom. The predicted molar refractivity (Wildman–Crippen MR) is 118 cm³/mol. The first-order valence-corrected chi connectivity index (χ1v) is 10.3. The average molecular weight is 429 g/mol. The van der Waals surface area contributed by atoms with Crippen LogP contribution in [-0.2, 0) is 16.6 Å². The van der Waals surface area contributed by atoms with E-state index in [4.69, 9.17) is 0 Å². The van der Waals surface area contributed by atoms with Gasteiger partial charge in [-0.3, -0.25) is 4.98 Å². The van der Waals surface area contributed by atoms with Gasteiger partial charge in [-0.25, -0.2) is 12.4 Å². The molecule has 0 saturated carbocycles. The topological polar surface area (TPSA) is 76.0 Å². The van der Waals surface area contributed by atoms with Gasteiger partial charge in [0.15, 0.2) is 0 Å². The molecule has 2 N–H and O–H groups in total. The van der Waals surface area contributed by atoms with Gasteiger partial charge in [0.25, 0.3) is 10.0 Å². The number of benzene rings is 2. The second kappa shape index (κ2) is 8.65. The first kappa shape index (κ1) is 20.9. The van der Waals surface area contributed by atoms with Crippen LogP contribution in [0.5, 0.6) is 0 Å². The minimum absolute atomic E-state index is 0.